The molecule has 0 unspecified atom stereocenters. The van der Waals surface area contributed by atoms with Crippen molar-refractivity contribution in [3.8, 4) is 0 Å². The van der Waals surface area contributed by atoms with E-state index in [0.29, 0.717) is 27.8 Å². The number of hydrogen-bond acceptors (Lipinski definition) is 4. The number of halogens is 2. The smallest absolute Gasteiger partial charge is 0.242 e. The van der Waals surface area contributed by atoms with Crippen molar-refractivity contribution in [2.75, 3.05) is 23.7 Å². The van der Waals surface area contributed by atoms with Crippen molar-refractivity contribution in [1.82, 2.24) is 10.2 Å². The molecule has 192 valence electrons. The van der Waals surface area contributed by atoms with E-state index < -0.39 is 16.1 Å². The second-order valence-electron chi connectivity index (χ2n) is 8.45. The van der Waals surface area contributed by atoms with Gasteiger partial charge >= 0.3 is 0 Å². The van der Waals surface area contributed by atoms with Crippen LogP contribution in [0.5, 0.6) is 0 Å². The van der Waals surface area contributed by atoms with Gasteiger partial charge in [0.25, 0.3) is 0 Å². The molecular weight excluding hydrogens is 509 g/mol. The average Bonchev–Trinajstić information content (AvgIpc) is 2.79. The highest BCUT2D eigenvalue weighted by Crippen LogP contribution is 2.25. The van der Waals surface area contributed by atoms with E-state index in [4.69, 9.17) is 23.2 Å². The van der Waals surface area contributed by atoms with Crippen molar-refractivity contribution in [2.24, 2.45) is 0 Å². The summed E-state index contributed by atoms with van der Waals surface area (Å²) in [6.07, 6.45) is 2.27. The molecule has 0 fully saturated rings. The van der Waals surface area contributed by atoms with E-state index in [1.54, 1.807) is 37.3 Å². The van der Waals surface area contributed by atoms with E-state index in [-0.39, 0.29) is 37.7 Å². The first-order valence-electron chi connectivity index (χ1n) is 11.5. The van der Waals surface area contributed by atoms with E-state index in [0.717, 1.165) is 18.2 Å². The fraction of sp³-hybridized carbons (Fsp3) is 0.440. The third kappa shape index (κ3) is 8.40. The number of sulfonamides is 1. The average molecular weight is 543 g/mol. The third-order valence-electron chi connectivity index (χ3n) is 5.61. The van der Waals surface area contributed by atoms with Gasteiger partial charge in [0.1, 0.15) is 6.04 Å². The highest BCUT2D eigenvalue weighted by molar-refractivity contribution is 7.92. The van der Waals surface area contributed by atoms with Crippen LogP contribution in [0, 0.1) is 6.92 Å². The molecule has 2 aromatic rings. The van der Waals surface area contributed by atoms with Crippen LogP contribution in [0.25, 0.3) is 0 Å². The first-order chi connectivity index (χ1) is 16.5. The standard InChI is InChI=1S/C25H33Cl2N3O4S/c1-5-14-28-25(32)19(3)29(17-20-12-13-21(26)16-22(20)27)24(31)11-8-15-30(35(4,33)34)23-10-7-6-9-18(23)2/h6-7,9-10,12-13,16,19H,5,8,11,14-15,17H2,1-4H3,(H,28,32)/t19-/m0/s1. The van der Waals surface area contributed by atoms with Crippen LogP contribution in [-0.4, -0.2) is 50.5 Å². The van der Waals surface area contributed by atoms with Crippen molar-refractivity contribution in [2.45, 2.75) is 52.6 Å². The number of nitrogens with zero attached hydrogens (tertiary/aromatic N) is 2. The Balaban J connectivity index is 2.20. The zero-order valence-corrected chi connectivity index (χ0v) is 22.9. The highest BCUT2D eigenvalue weighted by Gasteiger charge is 2.27. The Morgan fingerprint density at radius 1 is 1.11 bits per heavy atom. The zero-order valence-electron chi connectivity index (χ0n) is 20.6. The summed E-state index contributed by atoms with van der Waals surface area (Å²) in [4.78, 5) is 27.4. The van der Waals surface area contributed by atoms with E-state index in [1.165, 1.54) is 9.21 Å². The van der Waals surface area contributed by atoms with Crippen molar-refractivity contribution in [3.63, 3.8) is 0 Å². The summed E-state index contributed by atoms with van der Waals surface area (Å²) in [6, 6.07) is 11.5. The SMILES string of the molecule is CCCNC(=O)[C@H](C)N(Cc1ccc(Cl)cc1Cl)C(=O)CCCN(c1ccccc1C)S(C)(=O)=O. The molecule has 2 amide bonds. The lowest BCUT2D eigenvalue weighted by molar-refractivity contribution is -0.140. The normalized spacial score (nSPS) is 12.2. The minimum absolute atomic E-state index is 0.0640. The first kappa shape index (κ1) is 28.9. The van der Waals surface area contributed by atoms with Gasteiger partial charge in [-0.15, -0.1) is 0 Å². The van der Waals surface area contributed by atoms with Gasteiger partial charge in [-0.3, -0.25) is 13.9 Å². The Morgan fingerprint density at radius 3 is 2.40 bits per heavy atom. The van der Waals surface area contributed by atoms with Gasteiger partial charge < -0.3 is 10.2 Å². The van der Waals surface area contributed by atoms with Crippen molar-refractivity contribution in [3.05, 3.63) is 63.6 Å². The zero-order chi connectivity index (χ0) is 26.2. The van der Waals surface area contributed by atoms with Gasteiger partial charge in [-0.05, 0) is 56.0 Å². The summed E-state index contributed by atoms with van der Waals surface area (Å²) in [5.74, 6) is -0.531. The first-order valence-corrected chi connectivity index (χ1v) is 14.1. The van der Waals surface area contributed by atoms with Crippen LogP contribution in [-0.2, 0) is 26.2 Å². The van der Waals surface area contributed by atoms with Crippen LogP contribution in [0.4, 0.5) is 5.69 Å². The van der Waals surface area contributed by atoms with Crippen molar-refractivity contribution in [1.29, 1.82) is 0 Å². The predicted octanol–water partition coefficient (Wildman–Crippen LogP) is 4.79. The molecule has 0 saturated heterocycles. The van der Waals surface area contributed by atoms with Gasteiger partial charge in [0.15, 0.2) is 0 Å². The number of benzene rings is 2. The molecule has 2 aromatic carbocycles. The number of amides is 2. The molecule has 35 heavy (non-hydrogen) atoms. The molecule has 0 aliphatic rings. The molecule has 0 aliphatic carbocycles. The Bertz CT molecular complexity index is 1140. The van der Waals surface area contributed by atoms with E-state index in [2.05, 4.69) is 5.32 Å². The molecule has 10 heteroatoms. The van der Waals surface area contributed by atoms with E-state index in [1.807, 2.05) is 26.0 Å². The third-order valence-corrected chi connectivity index (χ3v) is 7.38. The number of anilines is 1. The second-order valence-corrected chi connectivity index (χ2v) is 11.2. The number of carbonyl (C=O) groups excluding carboxylic acids is 2. The maximum Gasteiger partial charge on any atom is 0.242 e. The van der Waals surface area contributed by atoms with Crippen molar-refractivity contribution < 1.29 is 18.0 Å². The Labute approximate surface area is 218 Å². The molecule has 2 rings (SSSR count). The molecule has 1 N–H and O–H groups in total. The van der Waals surface area contributed by atoms with Gasteiger partial charge in [0, 0.05) is 36.1 Å². The molecule has 7 nitrogen and oxygen atoms in total. The lowest BCUT2D eigenvalue weighted by Gasteiger charge is -2.30. The fourth-order valence-electron chi connectivity index (χ4n) is 3.64. The van der Waals surface area contributed by atoms with Gasteiger partial charge in [0.05, 0.1) is 11.9 Å². The molecule has 0 radical (unpaired) electrons. The van der Waals surface area contributed by atoms with Crippen LogP contribution < -0.4 is 9.62 Å². The number of aryl methyl sites for hydroxylation is 1. The minimum atomic E-state index is -3.54. The van der Waals surface area contributed by atoms with Crippen LogP contribution >= 0.6 is 23.2 Å². The van der Waals surface area contributed by atoms with Crippen LogP contribution in [0.2, 0.25) is 10.0 Å². The molecule has 0 aromatic heterocycles. The molecule has 0 heterocycles. The van der Waals surface area contributed by atoms with Gasteiger partial charge in [0.2, 0.25) is 21.8 Å². The van der Waals surface area contributed by atoms with Gasteiger partial charge in [-0.25, -0.2) is 8.42 Å². The summed E-state index contributed by atoms with van der Waals surface area (Å²) >= 11 is 12.3. The lowest BCUT2D eigenvalue weighted by atomic mass is 10.1. The Kier molecular flexibility index (Phi) is 10.9. The molecule has 0 aliphatic heterocycles. The summed E-state index contributed by atoms with van der Waals surface area (Å²) in [7, 11) is -3.54. The number of para-hydroxylation sites is 1. The fourth-order valence-corrected chi connectivity index (χ4v) is 5.13. The summed E-state index contributed by atoms with van der Waals surface area (Å²) in [5.41, 5.74) is 2.07. The maximum atomic E-state index is 13.3. The number of rotatable bonds is 12. The van der Waals surface area contributed by atoms with E-state index in [9.17, 15) is 18.0 Å². The van der Waals surface area contributed by atoms with Crippen molar-refractivity contribution >= 4 is 50.7 Å². The summed E-state index contributed by atoms with van der Waals surface area (Å²) < 4.78 is 26.2. The lowest BCUT2D eigenvalue weighted by Crippen LogP contribution is -2.48. The number of nitrogens with one attached hydrogen (secondary N) is 1. The number of carbonyl (C=O) groups is 2. The summed E-state index contributed by atoms with van der Waals surface area (Å²) in [6.45, 7) is 6.23. The Morgan fingerprint density at radius 2 is 1.80 bits per heavy atom. The molecule has 1 atom stereocenters. The minimum Gasteiger partial charge on any atom is -0.354 e. The highest BCUT2D eigenvalue weighted by atomic mass is 35.5. The van der Waals surface area contributed by atoms with Crippen LogP contribution in [0.1, 0.15) is 44.2 Å². The number of hydrogen-bond donors (Lipinski definition) is 1. The van der Waals surface area contributed by atoms with Gasteiger partial charge in [-0.1, -0.05) is 54.4 Å². The second kappa shape index (κ2) is 13.1. The van der Waals surface area contributed by atoms with Gasteiger partial charge in [-0.2, -0.15) is 0 Å². The summed E-state index contributed by atoms with van der Waals surface area (Å²) in [5, 5.41) is 3.70. The molecular formula is C25H33Cl2N3O4S. The van der Waals surface area contributed by atoms with E-state index >= 15 is 0 Å². The largest absolute Gasteiger partial charge is 0.354 e. The Hall–Kier alpha value is -2.29. The predicted molar refractivity (Wildman–Crippen MR) is 142 cm³/mol. The van der Waals surface area contributed by atoms with Crippen LogP contribution in [0.15, 0.2) is 42.5 Å². The molecule has 0 bridgehead atoms. The maximum absolute atomic E-state index is 13.3. The topological polar surface area (TPSA) is 86.8 Å². The molecule has 0 saturated carbocycles. The quantitative estimate of drug-likeness (QED) is 0.418. The molecule has 0 spiro atoms. The monoisotopic (exact) mass is 541 g/mol. The van der Waals surface area contributed by atoms with Crippen LogP contribution in [0.3, 0.4) is 0 Å².